The Hall–Kier alpha value is -0.620. The van der Waals surface area contributed by atoms with Gasteiger partial charge in [0.25, 0.3) is 0 Å². The molecule has 1 aromatic carbocycles. The van der Waals surface area contributed by atoms with Crippen molar-refractivity contribution in [2.75, 3.05) is 12.4 Å². The molecule has 96 valence electrons. The maximum absolute atomic E-state index is 13.1. The summed E-state index contributed by atoms with van der Waals surface area (Å²) in [6.07, 6.45) is -0.769. The predicted octanol–water partition coefficient (Wildman–Crippen LogP) is 1.30. The Morgan fingerprint density at radius 2 is 2.18 bits per heavy atom. The third-order valence-electron chi connectivity index (χ3n) is 2.33. The third kappa shape index (κ3) is 4.63. The van der Waals surface area contributed by atoms with E-state index in [1.807, 2.05) is 13.0 Å². The molecule has 0 bridgehead atoms. The first-order valence-electron chi connectivity index (χ1n) is 5.46. The van der Waals surface area contributed by atoms with Crippen LogP contribution in [0.3, 0.4) is 0 Å². The summed E-state index contributed by atoms with van der Waals surface area (Å²) < 4.78 is 13.1. The van der Waals surface area contributed by atoms with Crippen molar-refractivity contribution >= 4 is 11.8 Å². The Morgan fingerprint density at radius 3 is 2.71 bits per heavy atom. The van der Waals surface area contributed by atoms with Gasteiger partial charge in [-0.3, -0.25) is 0 Å². The lowest BCUT2D eigenvalue weighted by Gasteiger charge is -2.22. The number of aliphatic hydroxyl groups excluding tert-OH is 2. The highest BCUT2D eigenvalue weighted by Gasteiger charge is 2.18. The first-order chi connectivity index (χ1) is 8.04. The Kier molecular flexibility index (Phi) is 5.91. The van der Waals surface area contributed by atoms with Crippen molar-refractivity contribution in [2.24, 2.45) is 5.73 Å². The highest BCUT2D eigenvalue weighted by molar-refractivity contribution is 7.99. The molecule has 3 atom stereocenters. The van der Waals surface area contributed by atoms with E-state index in [0.29, 0.717) is 5.75 Å². The molecule has 5 heteroatoms. The van der Waals surface area contributed by atoms with Crippen LogP contribution in [-0.2, 0) is 0 Å². The second kappa shape index (κ2) is 6.96. The second-order valence-electron chi connectivity index (χ2n) is 4.00. The van der Waals surface area contributed by atoms with Crippen LogP contribution in [0.5, 0.6) is 0 Å². The Morgan fingerprint density at radius 1 is 1.47 bits per heavy atom. The van der Waals surface area contributed by atoms with E-state index < -0.39 is 6.10 Å². The zero-order valence-corrected chi connectivity index (χ0v) is 10.5. The zero-order chi connectivity index (χ0) is 12.8. The maximum Gasteiger partial charge on any atom is 0.123 e. The van der Waals surface area contributed by atoms with Crippen molar-refractivity contribution in [1.29, 1.82) is 0 Å². The molecule has 0 radical (unpaired) electrons. The zero-order valence-electron chi connectivity index (χ0n) is 9.71. The summed E-state index contributed by atoms with van der Waals surface area (Å²) in [7, 11) is 0. The molecule has 17 heavy (non-hydrogen) atoms. The molecule has 0 saturated carbocycles. The van der Waals surface area contributed by atoms with Gasteiger partial charge in [0.2, 0.25) is 0 Å². The second-order valence-corrected chi connectivity index (χ2v) is 5.18. The van der Waals surface area contributed by atoms with Gasteiger partial charge in [-0.05, 0) is 24.6 Å². The first kappa shape index (κ1) is 14.4. The van der Waals surface area contributed by atoms with Crippen molar-refractivity contribution in [1.82, 2.24) is 0 Å². The van der Waals surface area contributed by atoms with E-state index in [1.165, 1.54) is 23.9 Å². The summed E-state index contributed by atoms with van der Waals surface area (Å²) >= 11 is 1.42. The lowest BCUT2D eigenvalue weighted by atomic mass is 10.1. The topological polar surface area (TPSA) is 66.5 Å². The van der Waals surface area contributed by atoms with Gasteiger partial charge in [0.15, 0.2) is 0 Å². The van der Waals surface area contributed by atoms with Crippen molar-refractivity contribution < 1.29 is 14.6 Å². The number of halogens is 1. The summed E-state index contributed by atoms with van der Waals surface area (Å²) in [4.78, 5) is 0. The van der Waals surface area contributed by atoms with Crippen molar-refractivity contribution in [3.8, 4) is 0 Å². The number of thioether (sulfide) groups is 1. The van der Waals surface area contributed by atoms with E-state index in [2.05, 4.69) is 0 Å². The third-order valence-corrected chi connectivity index (χ3v) is 3.97. The number of benzene rings is 1. The fraction of sp³-hybridized carbons (Fsp3) is 0.500. The molecule has 0 fully saturated rings. The van der Waals surface area contributed by atoms with Gasteiger partial charge in [0.05, 0.1) is 12.7 Å². The van der Waals surface area contributed by atoms with Gasteiger partial charge >= 0.3 is 0 Å². The molecule has 0 saturated heterocycles. The highest BCUT2D eigenvalue weighted by atomic mass is 32.2. The molecule has 0 aromatic heterocycles. The van der Waals surface area contributed by atoms with E-state index in [-0.39, 0.29) is 23.7 Å². The Labute approximate surface area is 105 Å². The van der Waals surface area contributed by atoms with Crippen LogP contribution in [0.4, 0.5) is 4.39 Å². The molecule has 0 aliphatic rings. The molecular formula is C12H18FNO2S. The molecule has 0 heterocycles. The standard InChI is InChI=1S/C12H18FNO2S/c1-8(14)12(17-7-11(16)6-15)9-3-2-4-10(13)5-9/h2-5,8,11-12,15-16H,6-7,14H2,1H3. The lowest BCUT2D eigenvalue weighted by Crippen LogP contribution is -2.25. The van der Waals surface area contributed by atoms with Gasteiger partial charge in [-0.1, -0.05) is 12.1 Å². The fourth-order valence-corrected chi connectivity index (χ4v) is 2.68. The Bertz CT molecular complexity index is 349. The predicted molar refractivity (Wildman–Crippen MR) is 68.3 cm³/mol. The molecule has 1 aromatic rings. The minimum Gasteiger partial charge on any atom is -0.394 e. The summed E-state index contributed by atoms with van der Waals surface area (Å²) in [6, 6.07) is 6.13. The minimum atomic E-state index is -0.769. The molecule has 4 N–H and O–H groups in total. The Balaban J connectivity index is 2.72. The van der Waals surface area contributed by atoms with E-state index >= 15 is 0 Å². The van der Waals surface area contributed by atoms with Gasteiger partial charge in [-0.2, -0.15) is 0 Å². The largest absolute Gasteiger partial charge is 0.394 e. The van der Waals surface area contributed by atoms with Gasteiger partial charge in [0.1, 0.15) is 5.82 Å². The number of nitrogens with two attached hydrogens (primary N) is 1. The molecule has 0 aliphatic carbocycles. The van der Waals surface area contributed by atoms with E-state index in [9.17, 15) is 9.50 Å². The molecule has 3 unspecified atom stereocenters. The number of rotatable bonds is 6. The average Bonchev–Trinajstić information content (AvgIpc) is 2.28. The highest BCUT2D eigenvalue weighted by Crippen LogP contribution is 2.31. The van der Waals surface area contributed by atoms with Crippen LogP contribution in [-0.4, -0.2) is 34.7 Å². The maximum atomic E-state index is 13.1. The van der Waals surface area contributed by atoms with Crippen LogP contribution in [0.25, 0.3) is 0 Å². The monoisotopic (exact) mass is 259 g/mol. The van der Waals surface area contributed by atoms with E-state index in [0.717, 1.165) is 5.56 Å². The fourth-order valence-electron chi connectivity index (χ4n) is 1.50. The van der Waals surface area contributed by atoms with Crippen molar-refractivity contribution in [3.63, 3.8) is 0 Å². The number of aliphatic hydroxyl groups is 2. The van der Waals surface area contributed by atoms with Crippen molar-refractivity contribution in [2.45, 2.75) is 24.3 Å². The van der Waals surface area contributed by atoms with Crippen LogP contribution >= 0.6 is 11.8 Å². The summed E-state index contributed by atoms with van der Waals surface area (Å²) in [6.45, 7) is 1.57. The first-order valence-corrected chi connectivity index (χ1v) is 6.51. The van der Waals surface area contributed by atoms with Crippen LogP contribution < -0.4 is 5.73 Å². The quantitative estimate of drug-likeness (QED) is 0.720. The van der Waals surface area contributed by atoms with Crippen LogP contribution in [0.15, 0.2) is 24.3 Å². The van der Waals surface area contributed by atoms with Crippen molar-refractivity contribution in [3.05, 3.63) is 35.6 Å². The van der Waals surface area contributed by atoms with E-state index in [4.69, 9.17) is 10.8 Å². The van der Waals surface area contributed by atoms with Crippen LogP contribution in [0.2, 0.25) is 0 Å². The van der Waals surface area contributed by atoms with Gasteiger partial charge < -0.3 is 15.9 Å². The number of hydrogen-bond acceptors (Lipinski definition) is 4. The van der Waals surface area contributed by atoms with Crippen LogP contribution in [0, 0.1) is 5.82 Å². The normalized spacial score (nSPS) is 16.5. The summed E-state index contributed by atoms with van der Waals surface area (Å²) in [5.74, 6) is 0.0793. The van der Waals surface area contributed by atoms with Gasteiger partial charge in [0, 0.05) is 17.0 Å². The number of hydrogen-bond donors (Lipinski definition) is 3. The average molecular weight is 259 g/mol. The minimum absolute atomic E-state index is 0.0908. The van der Waals surface area contributed by atoms with Gasteiger partial charge in [-0.25, -0.2) is 4.39 Å². The molecule has 0 aliphatic heterocycles. The lowest BCUT2D eigenvalue weighted by molar-refractivity contribution is 0.113. The van der Waals surface area contributed by atoms with E-state index in [1.54, 1.807) is 6.07 Å². The molecule has 0 spiro atoms. The molecule has 0 amide bonds. The molecular weight excluding hydrogens is 241 g/mol. The van der Waals surface area contributed by atoms with Gasteiger partial charge in [-0.15, -0.1) is 11.8 Å². The summed E-state index contributed by atoms with van der Waals surface area (Å²) in [5.41, 5.74) is 6.66. The summed E-state index contributed by atoms with van der Waals surface area (Å²) in [5, 5.41) is 18.0. The molecule has 3 nitrogen and oxygen atoms in total. The smallest absolute Gasteiger partial charge is 0.123 e. The molecule has 1 rings (SSSR count). The SMILES string of the molecule is CC(N)C(SCC(O)CO)c1cccc(F)c1. The van der Waals surface area contributed by atoms with Crippen LogP contribution in [0.1, 0.15) is 17.7 Å².